The summed E-state index contributed by atoms with van der Waals surface area (Å²) in [5.74, 6) is 1.25. The van der Waals surface area contributed by atoms with Crippen molar-refractivity contribution in [3.05, 3.63) is 48.3 Å². The molecule has 1 amide bonds. The van der Waals surface area contributed by atoms with Crippen molar-refractivity contribution in [1.82, 2.24) is 15.0 Å². The molecule has 0 bridgehead atoms. The molecule has 0 aliphatic heterocycles. The van der Waals surface area contributed by atoms with Crippen LogP contribution >= 0.6 is 11.8 Å². The molecule has 1 aliphatic carbocycles. The lowest BCUT2D eigenvalue weighted by atomic mass is 10.0. The van der Waals surface area contributed by atoms with Gasteiger partial charge in [0.2, 0.25) is 5.91 Å². The second kappa shape index (κ2) is 7.19. The summed E-state index contributed by atoms with van der Waals surface area (Å²) < 4.78 is 0. The molecule has 3 aromatic heterocycles. The number of hydrogen-bond donors (Lipinski definition) is 2. The molecule has 1 fully saturated rings. The third-order valence-corrected chi connectivity index (χ3v) is 6.12. The van der Waals surface area contributed by atoms with Crippen LogP contribution in [0.2, 0.25) is 0 Å². The summed E-state index contributed by atoms with van der Waals surface area (Å²) >= 11 is 1.72. The molecule has 2 N–H and O–H groups in total. The van der Waals surface area contributed by atoms with Crippen LogP contribution in [-0.4, -0.2) is 26.6 Å². The molecule has 4 aromatic rings. The zero-order valence-electron chi connectivity index (χ0n) is 16.5. The quantitative estimate of drug-likeness (QED) is 0.430. The Morgan fingerprint density at radius 3 is 2.90 bits per heavy atom. The number of aromatic amines is 1. The van der Waals surface area contributed by atoms with Crippen molar-refractivity contribution in [2.24, 2.45) is 5.92 Å². The minimum atomic E-state index is 0.118. The summed E-state index contributed by atoms with van der Waals surface area (Å²) in [6, 6.07) is 10.2. The van der Waals surface area contributed by atoms with Gasteiger partial charge in [0, 0.05) is 40.3 Å². The van der Waals surface area contributed by atoms with Crippen LogP contribution in [0.1, 0.15) is 25.3 Å². The maximum absolute atomic E-state index is 12.2. The van der Waals surface area contributed by atoms with Gasteiger partial charge in [-0.15, -0.1) is 11.8 Å². The van der Waals surface area contributed by atoms with Crippen LogP contribution in [0, 0.1) is 12.8 Å². The summed E-state index contributed by atoms with van der Waals surface area (Å²) in [5, 5.41) is 6.27. The van der Waals surface area contributed by atoms with E-state index in [0.717, 1.165) is 67.9 Å². The van der Waals surface area contributed by atoms with Gasteiger partial charge in [0.25, 0.3) is 0 Å². The molecule has 1 aliphatic rings. The number of aryl methyl sites for hydroxylation is 1. The Hall–Kier alpha value is -2.86. The molecule has 1 aromatic carbocycles. The van der Waals surface area contributed by atoms with E-state index >= 15 is 0 Å². The first-order valence-electron chi connectivity index (χ1n) is 9.95. The van der Waals surface area contributed by atoms with Gasteiger partial charge in [-0.25, -0.2) is 9.97 Å². The third-order valence-electron chi connectivity index (χ3n) is 5.25. The minimum Gasteiger partial charge on any atom is -0.337 e. The van der Waals surface area contributed by atoms with Crippen molar-refractivity contribution in [2.75, 3.05) is 11.1 Å². The average molecular weight is 403 g/mol. The molecule has 3 heterocycles. The molecular formula is C23H22N4OS. The van der Waals surface area contributed by atoms with Crippen molar-refractivity contribution >= 4 is 45.3 Å². The first kappa shape index (κ1) is 18.2. The number of thioether (sulfide) groups is 1. The van der Waals surface area contributed by atoms with E-state index in [4.69, 9.17) is 4.98 Å². The lowest BCUT2D eigenvalue weighted by molar-refractivity contribution is -0.117. The number of carbonyl (C=O) groups excluding carboxylic acids is 1. The Bertz CT molecular complexity index is 1240. The van der Waals surface area contributed by atoms with E-state index in [1.807, 2.05) is 30.6 Å². The molecule has 0 radical (unpaired) electrons. The van der Waals surface area contributed by atoms with E-state index in [1.165, 1.54) is 0 Å². The number of nitrogens with zero attached hydrogens (tertiary/aromatic N) is 2. The number of benzene rings is 1. The number of anilines is 1. The Kier molecular flexibility index (Phi) is 4.51. The summed E-state index contributed by atoms with van der Waals surface area (Å²) in [6.45, 7) is 4.19. The molecule has 29 heavy (non-hydrogen) atoms. The fourth-order valence-electron chi connectivity index (χ4n) is 3.69. The van der Waals surface area contributed by atoms with Crippen LogP contribution in [-0.2, 0) is 4.79 Å². The highest BCUT2D eigenvalue weighted by atomic mass is 32.2. The predicted molar refractivity (Wildman–Crippen MR) is 119 cm³/mol. The topological polar surface area (TPSA) is 70.7 Å². The zero-order valence-corrected chi connectivity index (χ0v) is 17.3. The largest absolute Gasteiger partial charge is 0.337 e. The van der Waals surface area contributed by atoms with Crippen molar-refractivity contribution in [2.45, 2.75) is 31.7 Å². The average Bonchev–Trinajstić information content (AvgIpc) is 3.50. The molecule has 5 rings (SSSR count). The highest BCUT2D eigenvalue weighted by molar-refractivity contribution is 7.99. The van der Waals surface area contributed by atoms with E-state index in [9.17, 15) is 4.79 Å². The SMILES string of the molecule is CCSc1ncc(-c2cccc(NC(=O)C3CC3)c2)c2c1[nH]c1ncc(C)cc12. The third kappa shape index (κ3) is 3.38. The fourth-order valence-corrected chi connectivity index (χ4v) is 4.38. The Morgan fingerprint density at radius 2 is 2.10 bits per heavy atom. The van der Waals surface area contributed by atoms with Crippen LogP contribution in [0.25, 0.3) is 33.1 Å². The number of nitrogens with one attached hydrogen (secondary N) is 2. The number of H-pyrrole nitrogens is 1. The van der Waals surface area contributed by atoms with Crippen LogP contribution in [0.3, 0.4) is 0 Å². The molecule has 146 valence electrons. The monoisotopic (exact) mass is 402 g/mol. The smallest absolute Gasteiger partial charge is 0.227 e. The van der Waals surface area contributed by atoms with Gasteiger partial charge in [0.05, 0.1) is 5.52 Å². The number of pyridine rings is 2. The summed E-state index contributed by atoms with van der Waals surface area (Å²) in [6.07, 6.45) is 5.81. The van der Waals surface area contributed by atoms with E-state index in [1.54, 1.807) is 11.8 Å². The Balaban J connectivity index is 1.68. The van der Waals surface area contributed by atoms with Gasteiger partial charge in [0.1, 0.15) is 10.7 Å². The van der Waals surface area contributed by atoms with Gasteiger partial charge in [-0.2, -0.15) is 0 Å². The maximum Gasteiger partial charge on any atom is 0.227 e. The van der Waals surface area contributed by atoms with Crippen LogP contribution < -0.4 is 5.32 Å². The molecule has 1 saturated carbocycles. The van der Waals surface area contributed by atoms with Crippen LogP contribution in [0.5, 0.6) is 0 Å². The Labute approximate surface area is 173 Å². The summed E-state index contributed by atoms with van der Waals surface area (Å²) in [5.41, 5.74) is 5.92. The number of hydrogen-bond acceptors (Lipinski definition) is 4. The van der Waals surface area contributed by atoms with Gasteiger partial charge in [0.15, 0.2) is 0 Å². The number of amides is 1. The maximum atomic E-state index is 12.2. The zero-order chi connectivity index (χ0) is 20.0. The van der Waals surface area contributed by atoms with E-state index in [2.05, 4.69) is 41.3 Å². The number of rotatable bonds is 5. The van der Waals surface area contributed by atoms with E-state index in [-0.39, 0.29) is 11.8 Å². The Morgan fingerprint density at radius 1 is 1.24 bits per heavy atom. The van der Waals surface area contributed by atoms with Crippen LogP contribution in [0.15, 0.2) is 47.8 Å². The highest BCUT2D eigenvalue weighted by Crippen LogP contribution is 2.38. The molecule has 6 heteroatoms. The van der Waals surface area contributed by atoms with Gasteiger partial charge in [-0.05, 0) is 54.8 Å². The molecule has 0 atom stereocenters. The molecular weight excluding hydrogens is 380 g/mol. The van der Waals surface area contributed by atoms with E-state index in [0.29, 0.717) is 0 Å². The fraction of sp³-hybridized carbons (Fsp3) is 0.261. The highest BCUT2D eigenvalue weighted by Gasteiger charge is 2.29. The number of carbonyl (C=O) groups is 1. The normalized spacial score (nSPS) is 13.9. The second-order valence-corrected chi connectivity index (χ2v) is 8.79. The van der Waals surface area contributed by atoms with Crippen LogP contribution in [0.4, 0.5) is 5.69 Å². The summed E-state index contributed by atoms with van der Waals surface area (Å²) in [7, 11) is 0. The lowest BCUT2D eigenvalue weighted by Crippen LogP contribution is -2.13. The molecule has 5 nitrogen and oxygen atoms in total. The van der Waals surface area contributed by atoms with Crippen molar-refractivity contribution < 1.29 is 4.79 Å². The van der Waals surface area contributed by atoms with Crippen molar-refractivity contribution in [3.8, 4) is 11.1 Å². The predicted octanol–water partition coefficient (Wildman–Crippen LogP) is 5.55. The lowest BCUT2D eigenvalue weighted by Gasteiger charge is -2.10. The van der Waals surface area contributed by atoms with Crippen molar-refractivity contribution in [1.29, 1.82) is 0 Å². The number of fused-ring (bicyclic) bond motifs is 3. The van der Waals surface area contributed by atoms with Crippen molar-refractivity contribution in [3.63, 3.8) is 0 Å². The van der Waals surface area contributed by atoms with E-state index < -0.39 is 0 Å². The molecule has 0 unspecified atom stereocenters. The molecule has 0 saturated heterocycles. The van der Waals surface area contributed by atoms with Gasteiger partial charge >= 0.3 is 0 Å². The van der Waals surface area contributed by atoms with Gasteiger partial charge < -0.3 is 10.3 Å². The van der Waals surface area contributed by atoms with Gasteiger partial charge in [-0.1, -0.05) is 19.1 Å². The first-order chi connectivity index (χ1) is 14.1. The second-order valence-electron chi connectivity index (χ2n) is 7.54. The minimum absolute atomic E-state index is 0.118. The standard InChI is InChI=1S/C23H22N4OS/c1-3-29-23-20-19(17-9-13(2)11-24-21(17)27-20)18(12-25-23)15-5-4-6-16(10-15)26-22(28)14-7-8-14/h4-6,9-12,14H,3,7-8H2,1-2H3,(H,24,27)(H,26,28). The van der Waals surface area contributed by atoms with Gasteiger partial charge in [-0.3, -0.25) is 4.79 Å². The molecule has 0 spiro atoms. The first-order valence-corrected chi connectivity index (χ1v) is 10.9. The number of aromatic nitrogens is 3. The summed E-state index contributed by atoms with van der Waals surface area (Å²) in [4.78, 5) is 25.0.